The SMILES string of the molecule is O=C(NC(Cc1cccc(CSc2nnc(-c3ccncc3)n2NC(=O)NC(c2ccccc2)c2ccccc2)c1)C(=O)O)NC(c1ccccc1)c1ccccc1. The summed E-state index contributed by atoms with van der Waals surface area (Å²) in [6.07, 6.45) is 3.33. The van der Waals surface area contributed by atoms with Crippen molar-refractivity contribution in [2.24, 2.45) is 0 Å². The van der Waals surface area contributed by atoms with Crippen molar-refractivity contribution in [3.05, 3.63) is 203 Å². The lowest BCUT2D eigenvalue weighted by Gasteiger charge is -2.22. The number of carboxylic acids is 1. The minimum absolute atomic E-state index is 0.0523. The van der Waals surface area contributed by atoms with Gasteiger partial charge in [-0.15, -0.1) is 10.2 Å². The maximum Gasteiger partial charge on any atom is 0.334 e. The summed E-state index contributed by atoms with van der Waals surface area (Å²) in [5.74, 6) is -0.321. The fourth-order valence-electron chi connectivity index (χ4n) is 6.48. The van der Waals surface area contributed by atoms with Crippen molar-refractivity contribution in [1.29, 1.82) is 0 Å². The summed E-state index contributed by atoms with van der Waals surface area (Å²) in [5.41, 5.74) is 8.82. The zero-order chi connectivity index (χ0) is 40.1. The van der Waals surface area contributed by atoms with Gasteiger partial charge in [-0.05, 0) is 45.5 Å². The van der Waals surface area contributed by atoms with E-state index in [1.165, 1.54) is 11.8 Å². The molecule has 0 spiro atoms. The molecule has 0 aliphatic heterocycles. The standard InChI is InChI=1S/C45H40N8O4S/c54-42(55)38(47-43(56)48-39(33-16-5-1-6-17-33)34-18-7-2-8-19-34)29-31-14-13-15-32(28-31)30-58-45-51-50-41(37-24-26-46-27-25-37)53(45)52-44(57)49-40(35-20-9-3-10-21-35)36-22-11-4-12-23-36/h1-28,38-40H,29-30H2,(H,54,55)(H2,47,48,56)(H2,49,52,57). The number of hydrogen-bond donors (Lipinski definition) is 5. The molecule has 12 nitrogen and oxygen atoms in total. The second kappa shape index (κ2) is 19.1. The Kier molecular flexibility index (Phi) is 12.8. The van der Waals surface area contributed by atoms with Crippen molar-refractivity contribution in [2.75, 3.05) is 5.43 Å². The normalized spacial score (nSPS) is 11.5. The van der Waals surface area contributed by atoms with Crippen LogP contribution in [0.5, 0.6) is 0 Å². The summed E-state index contributed by atoms with van der Waals surface area (Å²) in [7, 11) is 0. The predicted octanol–water partition coefficient (Wildman–Crippen LogP) is 7.76. The molecule has 7 aromatic rings. The maximum absolute atomic E-state index is 13.8. The fraction of sp³-hybridized carbons (Fsp3) is 0.111. The van der Waals surface area contributed by atoms with Crippen LogP contribution in [0.2, 0.25) is 0 Å². The van der Waals surface area contributed by atoms with Gasteiger partial charge in [-0.1, -0.05) is 157 Å². The second-order valence-corrected chi connectivity index (χ2v) is 14.2. The average molecular weight is 789 g/mol. The molecule has 2 aromatic heterocycles. The quantitative estimate of drug-likeness (QED) is 0.0659. The van der Waals surface area contributed by atoms with Crippen LogP contribution in [0.25, 0.3) is 11.4 Å². The largest absolute Gasteiger partial charge is 0.480 e. The summed E-state index contributed by atoms with van der Waals surface area (Å²) in [5, 5.41) is 28.2. The van der Waals surface area contributed by atoms with Gasteiger partial charge in [0.1, 0.15) is 6.04 Å². The highest BCUT2D eigenvalue weighted by Crippen LogP contribution is 2.27. The van der Waals surface area contributed by atoms with Gasteiger partial charge in [0.05, 0.1) is 12.1 Å². The Hall–Kier alpha value is -7.25. The molecule has 0 saturated heterocycles. The highest BCUT2D eigenvalue weighted by atomic mass is 32.2. The van der Waals surface area contributed by atoms with E-state index in [-0.39, 0.29) is 6.42 Å². The number of amides is 4. The summed E-state index contributed by atoms with van der Waals surface area (Å²) < 4.78 is 1.55. The smallest absolute Gasteiger partial charge is 0.334 e. The van der Waals surface area contributed by atoms with Crippen molar-refractivity contribution in [3.8, 4) is 11.4 Å². The first-order chi connectivity index (χ1) is 28.4. The lowest BCUT2D eigenvalue weighted by molar-refractivity contribution is -0.139. The second-order valence-electron chi connectivity index (χ2n) is 13.3. The Balaban J connectivity index is 1.05. The molecule has 5 aromatic carbocycles. The molecule has 5 N–H and O–H groups in total. The van der Waals surface area contributed by atoms with E-state index in [9.17, 15) is 19.5 Å². The number of rotatable bonds is 15. The van der Waals surface area contributed by atoms with Gasteiger partial charge in [0.15, 0.2) is 5.82 Å². The number of carbonyl (C=O) groups excluding carboxylic acids is 2. The third-order valence-corrected chi connectivity index (χ3v) is 10.3. The number of thioether (sulfide) groups is 1. The molecule has 0 saturated carbocycles. The lowest BCUT2D eigenvalue weighted by Crippen LogP contribution is -2.48. The number of hydrogen-bond acceptors (Lipinski definition) is 7. The molecular weight excluding hydrogens is 749 g/mol. The number of carbonyl (C=O) groups is 3. The van der Waals surface area contributed by atoms with Crippen molar-refractivity contribution in [2.45, 2.75) is 35.5 Å². The topological polar surface area (TPSA) is 163 Å². The van der Waals surface area contributed by atoms with Gasteiger partial charge < -0.3 is 21.1 Å². The summed E-state index contributed by atoms with van der Waals surface area (Å²) >= 11 is 1.35. The van der Waals surface area contributed by atoms with Gasteiger partial charge in [-0.2, -0.15) is 0 Å². The first-order valence-electron chi connectivity index (χ1n) is 18.5. The van der Waals surface area contributed by atoms with Gasteiger partial charge >= 0.3 is 18.0 Å². The molecule has 1 unspecified atom stereocenters. The van der Waals surface area contributed by atoms with Gasteiger partial charge in [0.2, 0.25) is 5.16 Å². The summed E-state index contributed by atoms with van der Waals surface area (Å²) in [6.45, 7) is 0. The van der Waals surface area contributed by atoms with Crippen LogP contribution in [0.3, 0.4) is 0 Å². The number of benzene rings is 5. The van der Waals surface area contributed by atoms with Crippen LogP contribution in [-0.4, -0.2) is 49.0 Å². The number of carboxylic acid groups (broad SMARTS) is 1. The molecule has 4 amide bonds. The number of aromatic nitrogens is 4. The van der Waals surface area contributed by atoms with E-state index in [1.54, 1.807) is 29.2 Å². The molecule has 0 aliphatic carbocycles. The van der Waals surface area contributed by atoms with E-state index in [4.69, 9.17) is 0 Å². The third-order valence-electron chi connectivity index (χ3n) is 9.27. The number of urea groups is 2. The van der Waals surface area contributed by atoms with E-state index < -0.39 is 36.2 Å². The Bertz CT molecular complexity index is 2340. The number of nitrogens with zero attached hydrogens (tertiary/aromatic N) is 4. The molecular formula is C45H40N8O4S. The van der Waals surface area contributed by atoms with Crippen LogP contribution in [0, 0.1) is 0 Å². The zero-order valence-electron chi connectivity index (χ0n) is 31.2. The summed E-state index contributed by atoms with van der Waals surface area (Å²) in [6, 6.07) is 46.3. The van der Waals surface area contributed by atoms with E-state index in [2.05, 4.69) is 36.6 Å². The molecule has 0 bridgehead atoms. The fourth-order valence-corrected chi connectivity index (χ4v) is 7.31. The Morgan fingerprint density at radius 1 is 0.586 bits per heavy atom. The van der Waals surface area contributed by atoms with E-state index in [0.29, 0.717) is 22.3 Å². The van der Waals surface area contributed by atoms with E-state index in [0.717, 1.165) is 33.4 Å². The van der Waals surface area contributed by atoms with Crippen LogP contribution in [-0.2, 0) is 17.0 Å². The van der Waals surface area contributed by atoms with E-state index >= 15 is 0 Å². The highest BCUT2D eigenvalue weighted by molar-refractivity contribution is 7.98. The van der Waals surface area contributed by atoms with Gasteiger partial charge in [0.25, 0.3) is 0 Å². The van der Waals surface area contributed by atoms with Crippen LogP contribution in [0.15, 0.2) is 175 Å². The number of aliphatic carboxylic acids is 1. The zero-order valence-corrected chi connectivity index (χ0v) is 32.0. The van der Waals surface area contributed by atoms with Gasteiger partial charge in [0, 0.05) is 30.1 Å². The minimum Gasteiger partial charge on any atom is -0.480 e. The van der Waals surface area contributed by atoms with Crippen LogP contribution in [0.1, 0.15) is 45.5 Å². The van der Waals surface area contributed by atoms with Crippen LogP contribution in [0.4, 0.5) is 9.59 Å². The Morgan fingerprint density at radius 2 is 1.09 bits per heavy atom. The summed E-state index contributed by atoms with van der Waals surface area (Å²) in [4.78, 5) is 43.6. The molecule has 1 atom stereocenters. The predicted molar refractivity (Wildman–Crippen MR) is 223 cm³/mol. The third kappa shape index (κ3) is 10.1. The number of nitrogens with one attached hydrogen (secondary N) is 4. The highest BCUT2D eigenvalue weighted by Gasteiger charge is 2.24. The van der Waals surface area contributed by atoms with Crippen molar-refractivity contribution >= 4 is 29.8 Å². The molecule has 0 aliphatic rings. The monoisotopic (exact) mass is 788 g/mol. The van der Waals surface area contributed by atoms with Crippen LogP contribution < -0.4 is 21.4 Å². The van der Waals surface area contributed by atoms with Crippen LogP contribution >= 0.6 is 11.8 Å². The Labute approximate surface area is 339 Å². The van der Waals surface area contributed by atoms with Gasteiger partial charge in [-0.3, -0.25) is 4.98 Å². The molecule has 0 fully saturated rings. The molecule has 13 heteroatoms. The average Bonchev–Trinajstić information content (AvgIpc) is 3.67. The van der Waals surface area contributed by atoms with Gasteiger partial charge in [-0.25, -0.2) is 24.5 Å². The lowest BCUT2D eigenvalue weighted by atomic mass is 9.99. The molecule has 290 valence electrons. The molecule has 0 radical (unpaired) electrons. The van der Waals surface area contributed by atoms with E-state index in [1.807, 2.05) is 146 Å². The van der Waals surface area contributed by atoms with Crippen molar-refractivity contribution in [1.82, 2.24) is 35.8 Å². The maximum atomic E-state index is 13.8. The van der Waals surface area contributed by atoms with Crippen molar-refractivity contribution < 1.29 is 19.5 Å². The molecule has 7 rings (SSSR count). The van der Waals surface area contributed by atoms with Crippen molar-refractivity contribution in [3.63, 3.8) is 0 Å². The number of pyridine rings is 1. The molecule has 58 heavy (non-hydrogen) atoms. The first kappa shape index (κ1) is 39.0. The minimum atomic E-state index is -1.19. The Morgan fingerprint density at radius 3 is 1.60 bits per heavy atom. The molecule has 2 heterocycles. The first-order valence-corrected chi connectivity index (χ1v) is 19.5.